The van der Waals surface area contributed by atoms with Crippen molar-refractivity contribution < 1.29 is 4.58 Å². The van der Waals surface area contributed by atoms with Gasteiger partial charge in [-0.1, -0.05) is 31.4 Å². The molecule has 2 heteroatoms. The van der Waals surface area contributed by atoms with Crippen LogP contribution >= 0.6 is 0 Å². The number of allylic oxidation sites excluding steroid dienone is 5. The maximum absolute atomic E-state index is 4.08. The standard InChI is InChI=1S/C13H20NSi/c1-6-9-14(3)12-8-7-11(2)13(10-12)15(4)5/h6-8,10,15H,1-2,9H2,3-5H3/q+1/b14-12-. The van der Waals surface area contributed by atoms with Gasteiger partial charge in [0, 0.05) is 12.2 Å². The lowest BCUT2D eigenvalue weighted by Crippen LogP contribution is -2.19. The van der Waals surface area contributed by atoms with E-state index in [4.69, 9.17) is 0 Å². The van der Waals surface area contributed by atoms with Crippen LogP contribution in [0.25, 0.3) is 0 Å². The molecule has 80 valence electrons. The third-order valence-electron chi connectivity index (χ3n) is 2.60. The Labute approximate surface area is 94.4 Å². The van der Waals surface area contributed by atoms with Gasteiger partial charge >= 0.3 is 0 Å². The molecule has 1 rings (SSSR count). The molecule has 0 spiro atoms. The summed E-state index contributed by atoms with van der Waals surface area (Å²) < 4.78 is 2.20. The van der Waals surface area contributed by atoms with Gasteiger partial charge < -0.3 is 0 Å². The van der Waals surface area contributed by atoms with E-state index in [9.17, 15) is 0 Å². The molecule has 0 fully saturated rings. The summed E-state index contributed by atoms with van der Waals surface area (Å²) in [6.45, 7) is 13.4. The normalized spacial score (nSPS) is 19.2. The van der Waals surface area contributed by atoms with Crippen LogP contribution in [0.2, 0.25) is 13.1 Å². The molecule has 0 saturated carbocycles. The molecular weight excluding hydrogens is 198 g/mol. The van der Waals surface area contributed by atoms with Crippen molar-refractivity contribution >= 4 is 14.5 Å². The zero-order valence-corrected chi connectivity index (χ0v) is 11.1. The molecule has 1 nitrogen and oxygen atoms in total. The summed E-state index contributed by atoms with van der Waals surface area (Å²) in [6, 6.07) is 0. The van der Waals surface area contributed by atoms with Crippen LogP contribution < -0.4 is 0 Å². The Morgan fingerprint density at radius 2 is 2.07 bits per heavy atom. The molecule has 0 aromatic heterocycles. The van der Waals surface area contributed by atoms with Crippen LogP contribution in [0.4, 0.5) is 0 Å². The molecule has 0 heterocycles. The van der Waals surface area contributed by atoms with E-state index < -0.39 is 8.80 Å². The minimum Gasteiger partial charge on any atom is -0.229 e. The van der Waals surface area contributed by atoms with Crippen molar-refractivity contribution in [2.24, 2.45) is 0 Å². The Morgan fingerprint density at radius 1 is 1.40 bits per heavy atom. The van der Waals surface area contributed by atoms with Gasteiger partial charge in [-0.05, 0) is 17.7 Å². The van der Waals surface area contributed by atoms with E-state index in [-0.39, 0.29) is 0 Å². The Kier molecular flexibility index (Phi) is 4.03. The van der Waals surface area contributed by atoms with Crippen LogP contribution in [0.15, 0.2) is 48.2 Å². The number of hydrogen-bond donors (Lipinski definition) is 0. The first kappa shape index (κ1) is 11.9. The summed E-state index contributed by atoms with van der Waals surface area (Å²) in [7, 11) is 1.32. The average Bonchev–Trinajstić information content (AvgIpc) is 2.18. The lowest BCUT2D eigenvalue weighted by molar-refractivity contribution is -0.484. The van der Waals surface area contributed by atoms with Crippen LogP contribution in [0.3, 0.4) is 0 Å². The molecule has 0 bridgehead atoms. The third-order valence-corrected chi connectivity index (χ3v) is 4.38. The maximum atomic E-state index is 4.08. The van der Waals surface area contributed by atoms with Crippen molar-refractivity contribution in [2.75, 3.05) is 13.6 Å². The monoisotopic (exact) mass is 218 g/mol. The van der Waals surface area contributed by atoms with Crippen LogP contribution in [0.5, 0.6) is 0 Å². The van der Waals surface area contributed by atoms with E-state index in [0.29, 0.717) is 0 Å². The van der Waals surface area contributed by atoms with Gasteiger partial charge in [0.25, 0.3) is 0 Å². The SMILES string of the molecule is C=CC/[N+](C)=C1/C=CC(=C)C([SiH](C)C)=C1. The Balaban J connectivity index is 3.06. The summed E-state index contributed by atoms with van der Waals surface area (Å²) in [5, 5.41) is 1.46. The van der Waals surface area contributed by atoms with Crippen LogP contribution in [0, 0.1) is 0 Å². The van der Waals surface area contributed by atoms with Gasteiger partial charge in [-0.15, -0.1) is 0 Å². The Bertz CT molecular complexity index is 370. The van der Waals surface area contributed by atoms with Gasteiger partial charge in [0.2, 0.25) is 0 Å². The van der Waals surface area contributed by atoms with E-state index in [2.05, 4.69) is 56.1 Å². The summed E-state index contributed by atoms with van der Waals surface area (Å²) in [4.78, 5) is 0. The zero-order chi connectivity index (χ0) is 11.4. The first-order chi connectivity index (χ1) is 7.06. The molecular formula is C13H20NSi+. The molecule has 1 aliphatic rings. The second-order valence-corrected chi connectivity index (χ2v) is 7.14. The number of hydrogen-bond acceptors (Lipinski definition) is 0. The fourth-order valence-electron chi connectivity index (χ4n) is 1.66. The lowest BCUT2D eigenvalue weighted by Gasteiger charge is -2.13. The summed E-state index contributed by atoms with van der Waals surface area (Å²) >= 11 is 0. The van der Waals surface area contributed by atoms with Crippen molar-refractivity contribution in [2.45, 2.75) is 13.1 Å². The van der Waals surface area contributed by atoms with Crippen molar-refractivity contribution in [1.82, 2.24) is 0 Å². The minimum absolute atomic E-state index is 0.772. The van der Waals surface area contributed by atoms with Gasteiger partial charge in [-0.25, -0.2) is 4.58 Å². The smallest absolute Gasteiger partial charge is 0.199 e. The fraction of sp³-hybridized carbons (Fsp3) is 0.308. The van der Waals surface area contributed by atoms with Gasteiger partial charge in [-0.3, -0.25) is 0 Å². The zero-order valence-electron chi connectivity index (χ0n) is 9.96. The lowest BCUT2D eigenvalue weighted by atomic mass is 10.1. The quantitative estimate of drug-likeness (QED) is 0.388. The van der Waals surface area contributed by atoms with Gasteiger partial charge in [0.1, 0.15) is 7.05 Å². The highest BCUT2D eigenvalue weighted by molar-refractivity contribution is 6.66. The number of likely N-dealkylation sites (N-methyl/N-ethyl adjacent to an activating group) is 1. The number of nitrogens with zero attached hydrogens (tertiary/aromatic N) is 1. The van der Waals surface area contributed by atoms with Gasteiger partial charge in [-0.2, -0.15) is 0 Å². The van der Waals surface area contributed by atoms with E-state index in [1.54, 1.807) is 0 Å². The van der Waals surface area contributed by atoms with Crippen molar-refractivity contribution in [3.05, 3.63) is 48.2 Å². The third kappa shape index (κ3) is 2.90. The molecule has 0 N–H and O–H groups in total. The predicted octanol–water partition coefficient (Wildman–Crippen LogP) is 2.33. The molecule has 15 heavy (non-hydrogen) atoms. The Morgan fingerprint density at radius 3 is 2.60 bits per heavy atom. The van der Waals surface area contributed by atoms with Gasteiger partial charge in [0.15, 0.2) is 12.3 Å². The van der Waals surface area contributed by atoms with E-state index >= 15 is 0 Å². The molecule has 0 atom stereocenters. The summed E-state index contributed by atoms with van der Waals surface area (Å²) in [5.41, 5.74) is 2.45. The molecule has 0 aliphatic heterocycles. The van der Waals surface area contributed by atoms with E-state index in [1.165, 1.54) is 16.5 Å². The second kappa shape index (κ2) is 5.08. The molecule has 0 saturated heterocycles. The van der Waals surface area contributed by atoms with Crippen LogP contribution in [-0.4, -0.2) is 32.7 Å². The highest BCUT2D eigenvalue weighted by Gasteiger charge is 2.15. The van der Waals surface area contributed by atoms with E-state index in [1.807, 2.05) is 6.08 Å². The van der Waals surface area contributed by atoms with Crippen LogP contribution in [0.1, 0.15) is 0 Å². The largest absolute Gasteiger partial charge is 0.229 e. The molecule has 1 aliphatic carbocycles. The highest BCUT2D eigenvalue weighted by atomic mass is 28.3. The van der Waals surface area contributed by atoms with Crippen LogP contribution in [-0.2, 0) is 0 Å². The van der Waals surface area contributed by atoms with Gasteiger partial charge in [0.05, 0.1) is 8.80 Å². The van der Waals surface area contributed by atoms with Crippen molar-refractivity contribution in [1.29, 1.82) is 0 Å². The highest BCUT2D eigenvalue weighted by Crippen LogP contribution is 2.17. The van der Waals surface area contributed by atoms with Crippen molar-refractivity contribution in [3.8, 4) is 0 Å². The average molecular weight is 218 g/mol. The van der Waals surface area contributed by atoms with E-state index in [0.717, 1.165) is 6.54 Å². The second-order valence-electron chi connectivity index (χ2n) is 4.21. The first-order valence-electron chi connectivity index (χ1n) is 5.34. The minimum atomic E-state index is -0.772. The number of rotatable bonds is 3. The molecule has 0 aromatic rings. The Hall–Kier alpha value is -1.15. The maximum Gasteiger partial charge on any atom is 0.199 e. The topological polar surface area (TPSA) is 3.01 Å². The molecule has 0 unspecified atom stereocenters. The van der Waals surface area contributed by atoms with Crippen molar-refractivity contribution in [3.63, 3.8) is 0 Å². The summed E-state index contributed by atoms with van der Waals surface area (Å²) in [5.74, 6) is 0. The molecule has 0 aromatic carbocycles. The molecule has 0 radical (unpaired) electrons. The summed E-state index contributed by atoms with van der Waals surface area (Å²) in [6.07, 6.45) is 8.46. The first-order valence-corrected chi connectivity index (χ1v) is 8.23. The predicted molar refractivity (Wildman–Crippen MR) is 71.5 cm³/mol. The fourth-order valence-corrected chi connectivity index (χ4v) is 3.00. The molecule has 0 amide bonds.